The van der Waals surface area contributed by atoms with Gasteiger partial charge in [-0.25, -0.2) is 9.59 Å². The van der Waals surface area contributed by atoms with E-state index >= 15 is 0 Å². The summed E-state index contributed by atoms with van der Waals surface area (Å²) in [5.41, 5.74) is 13.7. The summed E-state index contributed by atoms with van der Waals surface area (Å²) in [5, 5.41) is 33.4. The molecule has 0 spiro atoms. The van der Waals surface area contributed by atoms with Crippen LogP contribution in [-0.2, 0) is 38.2 Å². The lowest BCUT2D eigenvalue weighted by molar-refractivity contribution is -0.120. The van der Waals surface area contributed by atoms with Crippen molar-refractivity contribution in [3.63, 3.8) is 0 Å². The Bertz CT molecular complexity index is 2660. The number of hydrogen-bond acceptors (Lipinski definition) is 15. The van der Waals surface area contributed by atoms with E-state index in [1.807, 2.05) is 86.5 Å². The Morgan fingerprint density at radius 2 is 1.05 bits per heavy atom. The number of nitrogens with one attached hydrogen (secondary N) is 4. The number of ether oxygens (including phenoxy) is 2. The molecule has 10 atom stereocenters. The van der Waals surface area contributed by atoms with Gasteiger partial charge in [-0.05, 0) is 103 Å². The van der Waals surface area contributed by atoms with Gasteiger partial charge in [0.05, 0.1) is 35.0 Å². The Hall–Kier alpha value is -7.22. The summed E-state index contributed by atoms with van der Waals surface area (Å²) < 4.78 is 10.8. The lowest BCUT2D eigenvalue weighted by Gasteiger charge is -2.27. The largest absolute Gasteiger partial charge is 0.441 e. The number of aliphatic hydroxyl groups is 2. The van der Waals surface area contributed by atoms with E-state index in [1.54, 1.807) is 56.4 Å². The SMILES string of the molecule is C.C/C1=C\C=C/[C@H](C)[C@@H](OC(N)=O)/C(C)=C/[C@H](C)[C@@H](O)[C@@H](C)CCCC2=C(NCCN(C)C)C(=O)C=C(NC1=O)C2=O.C=CCNC1=C2CCC[C@H](C)[C@H](O)[C@@H](C)/C=C(\C)[C@H](OC(N)=O)[C@@H](C)/C=C\C=C(/C)C(=O)NC(=CC1=O)C2=O. The molecule has 0 aromatic heterocycles. The first-order valence-corrected chi connectivity index (χ1v) is 27.4. The summed E-state index contributed by atoms with van der Waals surface area (Å²) in [6.45, 7) is 23.3. The minimum Gasteiger partial charge on any atom is -0.441 e. The Morgan fingerprint density at radius 1 is 0.667 bits per heavy atom. The highest BCUT2D eigenvalue weighted by Crippen LogP contribution is 2.30. The molecule has 19 nitrogen and oxygen atoms in total. The number of rotatable bonds is 9. The molecule has 4 aliphatic rings. The maximum Gasteiger partial charge on any atom is 0.405 e. The predicted molar refractivity (Wildman–Crippen MR) is 315 cm³/mol. The summed E-state index contributed by atoms with van der Waals surface area (Å²) >= 11 is 0. The number of primary amides is 2. The molecule has 2 aliphatic carbocycles. The summed E-state index contributed by atoms with van der Waals surface area (Å²) in [7, 11) is 3.83. The standard InChI is InChI=1S/C31H46N4O6.C30H41N3O6.CH4/c1-18-10-9-13-23-26(33-14-15-35(6)7)25(36)17-24(28(23)38)34-30(39)20(3)12-8-11-19(2)29(41-31(32)40)22(5)16-21(4)27(18)37;1-7-14-32-25-22-13-9-10-17(2)26(35)20(5)15-21(6)28(39-30(31)38)18(3)11-8-12-19(4)29(37)33-23(27(22)36)16-24(25)34;/h8,11-12,16-19,21,27,29,33,37H,9-10,13-15H2,1-7H3,(H2,32,40)(H,34,39);7-8,11-12,15-18,20,26,28,32,35H,1,9-10,13-14H2,2-6H3,(H2,31,38)(H,33,37);1H4/b11-8-,20-12+,22-16+;11-8-,19-12+,21-15+;/t18-,19-,21-,27-,29+;17-,18-,20-,26-,28+;/m00./s1. The van der Waals surface area contributed by atoms with Gasteiger partial charge in [-0.15, -0.1) is 6.58 Å². The lowest BCUT2D eigenvalue weighted by Crippen LogP contribution is -2.37. The van der Waals surface area contributed by atoms with Crippen LogP contribution in [-0.4, -0.2) is 120 Å². The van der Waals surface area contributed by atoms with Crippen LogP contribution in [0.25, 0.3) is 0 Å². The molecule has 0 aromatic rings. The summed E-state index contributed by atoms with van der Waals surface area (Å²) in [5.74, 6) is -3.94. The van der Waals surface area contributed by atoms with Crippen molar-refractivity contribution in [1.82, 2.24) is 26.2 Å². The van der Waals surface area contributed by atoms with Crippen LogP contribution in [0.1, 0.15) is 115 Å². The van der Waals surface area contributed by atoms with Gasteiger partial charge in [0.1, 0.15) is 12.2 Å². The molecule has 0 saturated carbocycles. The van der Waals surface area contributed by atoms with Crippen molar-refractivity contribution in [3.05, 3.63) is 130 Å². The lowest BCUT2D eigenvalue weighted by atomic mass is 9.85. The number of allylic oxidation sites excluding steroid dienone is 8. The zero-order valence-electron chi connectivity index (χ0n) is 48.8. The van der Waals surface area contributed by atoms with Crippen LogP contribution in [0.5, 0.6) is 0 Å². The third-order valence-corrected chi connectivity index (χ3v) is 14.5. The minimum absolute atomic E-state index is 0. The molecule has 2 heterocycles. The number of nitrogens with two attached hydrogens (primary N) is 2. The van der Waals surface area contributed by atoms with E-state index in [0.29, 0.717) is 80.5 Å². The summed E-state index contributed by atoms with van der Waals surface area (Å²) in [4.78, 5) is 104. The number of hydrogen-bond donors (Lipinski definition) is 8. The molecule has 0 saturated heterocycles. The van der Waals surface area contributed by atoms with Crippen LogP contribution in [0, 0.1) is 35.5 Å². The van der Waals surface area contributed by atoms with Crippen molar-refractivity contribution in [2.45, 2.75) is 140 Å². The number of fused-ring (bicyclic) bond motifs is 4. The van der Waals surface area contributed by atoms with E-state index in [4.69, 9.17) is 20.9 Å². The molecule has 4 rings (SSSR count). The van der Waals surface area contributed by atoms with Gasteiger partial charge in [-0.2, -0.15) is 0 Å². The number of aliphatic hydroxyl groups excluding tert-OH is 2. The van der Waals surface area contributed by atoms with Crippen molar-refractivity contribution in [3.8, 4) is 0 Å². The van der Waals surface area contributed by atoms with Crippen molar-refractivity contribution >= 4 is 47.1 Å². The Labute approximate surface area is 479 Å². The van der Waals surface area contributed by atoms with E-state index in [1.165, 1.54) is 6.08 Å². The monoisotopic (exact) mass is 1130 g/mol. The molecule has 0 radical (unpaired) electrons. The Morgan fingerprint density at radius 3 is 1.41 bits per heavy atom. The molecule has 4 bridgehead atoms. The second-order valence-electron chi connectivity index (χ2n) is 21.7. The number of Topliss-reactive ketones (excluding diaryl/α,β-unsaturated/α-hetero) is 2. The molecule has 81 heavy (non-hydrogen) atoms. The molecule has 4 amide bonds. The number of amides is 4. The normalized spacial score (nSPS) is 30.5. The minimum atomic E-state index is -0.908. The fourth-order valence-electron chi connectivity index (χ4n) is 9.84. The quantitative estimate of drug-likeness (QED) is 0.0845. The van der Waals surface area contributed by atoms with Gasteiger partial charge in [-0.1, -0.05) is 104 Å². The first-order chi connectivity index (χ1) is 37.6. The third kappa shape index (κ3) is 21.3. The highest BCUT2D eigenvalue weighted by atomic mass is 16.6. The maximum atomic E-state index is 13.5. The van der Waals surface area contributed by atoms with Crippen LogP contribution in [0.2, 0.25) is 0 Å². The number of likely N-dealkylation sites (N-methyl/N-ethyl adjacent to an activating group) is 1. The second-order valence-corrected chi connectivity index (χ2v) is 21.7. The van der Waals surface area contributed by atoms with Gasteiger partial charge in [-0.3, -0.25) is 28.8 Å². The highest BCUT2D eigenvalue weighted by Gasteiger charge is 2.33. The van der Waals surface area contributed by atoms with Gasteiger partial charge in [0.25, 0.3) is 11.8 Å². The second kappa shape index (κ2) is 33.5. The van der Waals surface area contributed by atoms with E-state index in [-0.39, 0.29) is 71.5 Å². The molecule has 2 aliphatic heterocycles. The highest BCUT2D eigenvalue weighted by molar-refractivity contribution is 6.24. The molecule has 446 valence electrons. The smallest absolute Gasteiger partial charge is 0.405 e. The topological polar surface area (TPSA) is 299 Å². The van der Waals surface area contributed by atoms with E-state index in [2.05, 4.69) is 27.8 Å². The van der Waals surface area contributed by atoms with Gasteiger partial charge in [0.15, 0.2) is 0 Å². The van der Waals surface area contributed by atoms with Crippen molar-refractivity contribution in [2.75, 3.05) is 33.7 Å². The molecular formula is C62H91N7O12. The predicted octanol–water partition coefficient (Wildman–Crippen LogP) is 7.08. The zero-order chi connectivity index (χ0) is 60.1. The average molecular weight is 1130 g/mol. The van der Waals surface area contributed by atoms with Crippen LogP contribution in [0.3, 0.4) is 0 Å². The van der Waals surface area contributed by atoms with Crippen LogP contribution in [0.4, 0.5) is 9.59 Å². The van der Waals surface area contributed by atoms with Gasteiger partial charge >= 0.3 is 12.2 Å². The van der Waals surface area contributed by atoms with Crippen LogP contribution < -0.4 is 32.7 Å². The number of carbonyl (C=O) groups excluding carboxylic acids is 8. The molecule has 19 heteroatoms. The van der Waals surface area contributed by atoms with E-state index in [9.17, 15) is 48.6 Å². The molecule has 0 unspecified atom stereocenters. The van der Waals surface area contributed by atoms with E-state index < -0.39 is 65.8 Å². The summed E-state index contributed by atoms with van der Waals surface area (Å²) in [6.07, 6.45) is 16.0. The van der Waals surface area contributed by atoms with Crippen LogP contribution in [0.15, 0.2) is 130 Å². The molecule has 0 aromatic carbocycles. The molecule has 0 fully saturated rings. The first kappa shape index (κ1) is 69.9. The first-order valence-electron chi connectivity index (χ1n) is 27.4. The fourth-order valence-corrected chi connectivity index (χ4v) is 9.84. The van der Waals surface area contributed by atoms with Crippen molar-refractivity contribution < 1.29 is 58.0 Å². The number of nitrogens with zero attached hydrogens (tertiary/aromatic N) is 1. The summed E-state index contributed by atoms with van der Waals surface area (Å²) in [6, 6.07) is 0. The molecular weight excluding hydrogens is 1030 g/mol. The van der Waals surface area contributed by atoms with Gasteiger partial charge in [0.2, 0.25) is 23.1 Å². The zero-order valence-corrected chi connectivity index (χ0v) is 48.8. The maximum absolute atomic E-state index is 13.5. The molecule has 10 N–H and O–H groups in total. The Kier molecular flexibility index (Phi) is 28.9. The van der Waals surface area contributed by atoms with Gasteiger partial charge in [0, 0.05) is 77.8 Å². The average Bonchev–Trinajstić information content (AvgIpc) is 3.38. The van der Waals surface area contributed by atoms with Crippen molar-refractivity contribution in [2.24, 2.45) is 47.0 Å². The van der Waals surface area contributed by atoms with E-state index in [0.717, 1.165) is 17.2 Å². The van der Waals surface area contributed by atoms with Crippen LogP contribution >= 0.6 is 0 Å². The number of ketones is 4. The number of carbonyl (C=O) groups is 8. The van der Waals surface area contributed by atoms with Gasteiger partial charge < -0.3 is 57.3 Å². The van der Waals surface area contributed by atoms with Crippen molar-refractivity contribution in [1.29, 1.82) is 0 Å². The fraction of sp³-hybridized carbons (Fsp3) is 0.516. The Balaban J connectivity index is 0.000000547. The third-order valence-electron chi connectivity index (χ3n) is 14.5.